The van der Waals surface area contributed by atoms with Crippen molar-refractivity contribution in [3.8, 4) is 0 Å². The SMILES string of the molecule is Cc1nc(CNc2ccc(NC(=O)C3CC3)nc2)sc1C. The van der Waals surface area contributed by atoms with Gasteiger partial charge in [-0.1, -0.05) is 0 Å². The first-order chi connectivity index (χ1) is 10.1. The Hall–Kier alpha value is -1.95. The summed E-state index contributed by atoms with van der Waals surface area (Å²) in [6, 6.07) is 3.74. The van der Waals surface area contributed by atoms with Crippen LogP contribution in [0.2, 0.25) is 0 Å². The van der Waals surface area contributed by atoms with E-state index in [9.17, 15) is 4.79 Å². The van der Waals surface area contributed by atoms with Crippen LogP contribution >= 0.6 is 11.3 Å². The van der Waals surface area contributed by atoms with E-state index in [1.165, 1.54) is 4.88 Å². The second-order valence-corrected chi connectivity index (χ2v) is 6.59. The third-order valence-corrected chi connectivity index (χ3v) is 4.55. The van der Waals surface area contributed by atoms with E-state index in [0.717, 1.165) is 29.2 Å². The number of aromatic nitrogens is 2. The molecule has 6 heteroatoms. The number of aryl methyl sites for hydroxylation is 2. The fourth-order valence-corrected chi connectivity index (χ4v) is 2.81. The van der Waals surface area contributed by atoms with E-state index in [1.54, 1.807) is 17.5 Å². The highest BCUT2D eigenvalue weighted by Gasteiger charge is 2.29. The number of anilines is 2. The van der Waals surface area contributed by atoms with Crippen molar-refractivity contribution in [2.24, 2.45) is 5.92 Å². The van der Waals surface area contributed by atoms with Crippen LogP contribution in [0.1, 0.15) is 28.4 Å². The molecule has 0 unspecified atom stereocenters. The highest BCUT2D eigenvalue weighted by Crippen LogP contribution is 2.30. The van der Waals surface area contributed by atoms with Gasteiger partial charge in [-0.15, -0.1) is 11.3 Å². The number of thiazole rings is 1. The molecule has 0 bridgehead atoms. The molecule has 1 saturated carbocycles. The number of amides is 1. The van der Waals surface area contributed by atoms with Gasteiger partial charge in [0, 0.05) is 10.8 Å². The first-order valence-electron chi connectivity index (χ1n) is 7.05. The number of carbonyl (C=O) groups is 1. The Labute approximate surface area is 127 Å². The molecule has 110 valence electrons. The molecule has 0 atom stereocenters. The molecule has 1 aliphatic carbocycles. The van der Waals surface area contributed by atoms with Gasteiger partial charge in [0.25, 0.3) is 0 Å². The zero-order valence-corrected chi connectivity index (χ0v) is 13.0. The largest absolute Gasteiger partial charge is 0.377 e. The highest BCUT2D eigenvalue weighted by atomic mass is 32.1. The third kappa shape index (κ3) is 3.58. The molecular weight excluding hydrogens is 284 g/mol. The van der Waals surface area contributed by atoms with Crippen LogP contribution in [-0.2, 0) is 11.3 Å². The molecule has 3 rings (SSSR count). The monoisotopic (exact) mass is 302 g/mol. The van der Waals surface area contributed by atoms with Gasteiger partial charge in [-0.05, 0) is 38.8 Å². The summed E-state index contributed by atoms with van der Waals surface area (Å²) in [5.74, 6) is 0.885. The average molecular weight is 302 g/mol. The molecular formula is C15H18N4OS. The van der Waals surface area contributed by atoms with E-state index in [4.69, 9.17) is 0 Å². The Balaban J connectivity index is 1.55. The minimum atomic E-state index is 0.0805. The fraction of sp³-hybridized carbons (Fsp3) is 0.400. The van der Waals surface area contributed by atoms with Crippen LogP contribution in [0.5, 0.6) is 0 Å². The van der Waals surface area contributed by atoms with Crippen LogP contribution in [-0.4, -0.2) is 15.9 Å². The quantitative estimate of drug-likeness (QED) is 0.890. The predicted molar refractivity (Wildman–Crippen MR) is 84.5 cm³/mol. The summed E-state index contributed by atoms with van der Waals surface area (Å²) in [7, 11) is 0. The lowest BCUT2D eigenvalue weighted by atomic mass is 10.3. The lowest BCUT2D eigenvalue weighted by Gasteiger charge is -2.06. The van der Waals surface area contributed by atoms with Crippen molar-refractivity contribution in [1.82, 2.24) is 9.97 Å². The van der Waals surface area contributed by atoms with Crippen molar-refractivity contribution >= 4 is 28.7 Å². The third-order valence-electron chi connectivity index (χ3n) is 3.48. The van der Waals surface area contributed by atoms with Crippen molar-refractivity contribution in [1.29, 1.82) is 0 Å². The zero-order valence-electron chi connectivity index (χ0n) is 12.1. The van der Waals surface area contributed by atoms with E-state index in [-0.39, 0.29) is 11.8 Å². The number of nitrogens with zero attached hydrogens (tertiary/aromatic N) is 2. The number of carbonyl (C=O) groups excluding carboxylic acids is 1. The number of hydrogen-bond donors (Lipinski definition) is 2. The van der Waals surface area contributed by atoms with Crippen LogP contribution in [0.15, 0.2) is 18.3 Å². The topological polar surface area (TPSA) is 66.9 Å². The minimum Gasteiger partial charge on any atom is -0.377 e. The summed E-state index contributed by atoms with van der Waals surface area (Å²) in [4.78, 5) is 21.6. The van der Waals surface area contributed by atoms with Gasteiger partial charge in [0.1, 0.15) is 10.8 Å². The lowest BCUT2D eigenvalue weighted by Crippen LogP contribution is -2.14. The Morgan fingerprint density at radius 2 is 2.19 bits per heavy atom. The van der Waals surface area contributed by atoms with Gasteiger partial charge in [0.15, 0.2) is 0 Å². The molecule has 2 aromatic heterocycles. The molecule has 2 heterocycles. The molecule has 21 heavy (non-hydrogen) atoms. The van der Waals surface area contributed by atoms with Crippen LogP contribution in [0.3, 0.4) is 0 Å². The van der Waals surface area contributed by atoms with Crippen LogP contribution in [0, 0.1) is 19.8 Å². The van der Waals surface area contributed by atoms with Gasteiger partial charge in [-0.3, -0.25) is 4.79 Å². The first kappa shape index (κ1) is 14.0. The van der Waals surface area contributed by atoms with Crippen LogP contribution in [0.25, 0.3) is 0 Å². The van der Waals surface area contributed by atoms with E-state index in [0.29, 0.717) is 12.4 Å². The molecule has 0 aliphatic heterocycles. The Kier molecular flexibility index (Phi) is 3.88. The standard InChI is InChI=1S/C15H18N4OS/c1-9-10(2)21-14(18-9)8-16-12-5-6-13(17-7-12)19-15(20)11-3-4-11/h5-7,11,16H,3-4,8H2,1-2H3,(H,17,19,20). The number of nitrogens with one attached hydrogen (secondary N) is 2. The number of hydrogen-bond acceptors (Lipinski definition) is 5. The number of rotatable bonds is 5. The van der Waals surface area contributed by atoms with E-state index >= 15 is 0 Å². The number of pyridine rings is 1. The Bertz CT molecular complexity index is 627. The fourth-order valence-electron chi connectivity index (χ4n) is 1.94. The van der Waals surface area contributed by atoms with Gasteiger partial charge >= 0.3 is 0 Å². The summed E-state index contributed by atoms with van der Waals surface area (Å²) in [6.45, 7) is 4.79. The Morgan fingerprint density at radius 3 is 2.76 bits per heavy atom. The zero-order chi connectivity index (χ0) is 14.8. The first-order valence-corrected chi connectivity index (χ1v) is 7.87. The summed E-state index contributed by atoms with van der Waals surface area (Å²) < 4.78 is 0. The van der Waals surface area contributed by atoms with Crippen molar-refractivity contribution in [2.75, 3.05) is 10.6 Å². The Morgan fingerprint density at radius 1 is 1.38 bits per heavy atom. The summed E-state index contributed by atoms with van der Waals surface area (Å²) in [5.41, 5.74) is 2.01. The summed E-state index contributed by atoms with van der Waals surface area (Å²) >= 11 is 1.70. The molecule has 0 saturated heterocycles. The second kappa shape index (κ2) is 5.81. The van der Waals surface area contributed by atoms with Crippen molar-refractivity contribution in [3.05, 3.63) is 33.9 Å². The molecule has 1 aliphatic rings. The van der Waals surface area contributed by atoms with Gasteiger partial charge in [0.2, 0.25) is 5.91 Å². The molecule has 2 N–H and O–H groups in total. The van der Waals surface area contributed by atoms with Gasteiger partial charge in [0.05, 0.1) is 24.1 Å². The lowest BCUT2D eigenvalue weighted by molar-refractivity contribution is -0.117. The van der Waals surface area contributed by atoms with Gasteiger partial charge in [-0.25, -0.2) is 9.97 Å². The smallest absolute Gasteiger partial charge is 0.228 e. The molecule has 0 radical (unpaired) electrons. The maximum atomic E-state index is 11.6. The van der Waals surface area contributed by atoms with Crippen molar-refractivity contribution in [2.45, 2.75) is 33.2 Å². The molecule has 0 spiro atoms. The summed E-state index contributed by atoms with van der Waals surface area (Å²) in [5, 5.41) is 7.18. The maximum absolute atomic E-state index is 11.6. The maximum Gasteiger partial charge on any atom is 0.228 e. The van der Waals surface area contributed by atoms with Crippen molar-refractivity contribution < 1.29 is 4.79 Å². The van der Waals surface area contributed by atoms with E-state index < -0.39 is 0 Å². The minimum absolute atomic E-state index is 0.0805. The van der Waals surface area contributed by atoms with Gasteiger partial charge < -0.3 is 10.6 Å². The normalized spacial score (nSPS) is 14.0. The van der Waals surface area contributed by atoms with E-state index in [1.807, 2.05) is 19.1 Å². The average Bonchev–Trinajstić information content (AvgIpc) is 3.26. The highest BCUT2D eigenvalue weighted by molar-refractivity contribution is 7.11. The van der Waals surface area contributed by atoms with E-state index in [2.05, 4.69) is 27.5 Å². The molecule has 1 amide bonds. The van der Waals surface area contributed by atoms with Gasteiger partial charge in [-0.2, -0.15) is 0 Å². The molecule has 2 aromatic rings. The molecule has 0 aromatic carbocycles. The van der Waals surface area contributed by atoms with Crippen LogP contribution < -0.4 is 10.6 Å². The second-order valence-electron chi connectivity index (χ2n) is 5.30. The summed E-state index contributed by atoms with van der Waals surface area (Å²) in [6.07, 6.45) is 3.73. The molecule has 1 fully saturated rings. The predicted octanol–water partition coefficient (Wildman–Crippen LogP) is 3.12. The molecule has 5 nitrogen and oxygen atoms in total. The van der Waals surface area contributed by atoms with Crippen molar-refractivity contribution in [3.63, 3.8) is 0 Å². The van der Waals surface area contributed by atoms with Crippen LogP contribution in [0.4, 0.5) is 11.5 Å².